The summed E-state index contributed by atoms with van der Waals surface area (Å²) >= 11 is 1.74. The summed E-state index contributed by atoms with van der Waals surface area (Å²) in [5, 5.41) is 7.17. The predicted octanol–water partition coefficient (Wildman–Crippen LogP) is 3.12. The Bertz CT molecular complexity index is 620. The van der Waals surface area contributed by atoms with E-state index in [4.69, 9.17) is 0 Å². The lowest BCUT2D eigenvalue weighted by Crippen LogP contribution is -2.92. The van der Waals surface area contributed by atoms with E-state index in [1.807, 2.05) is 13.8 Å². The lowest BCUT2D eigenvalue weighted by atomic mass is 9.98. The van der Waals surface area contributed by atoms with Crippen molar-refractivity contribution in [2.24, 2.45) is 5.92 Å². The van der Waals surface area contributed by atoms with E-state index in [0.717, 1.165) is 6.42 Å². The molecular weight excluding hydrogens is 316 g/mol. The van der Waals surface area contributed by atoms with Gasteiger partial charge in [0.05, 0.1) is 4.88 Å². The maximum Gasteiger partial charge on any atom is 0.277 e. The number of quaternary nitrogens is 1. The van der Waals surface area contributed by atoms with E-state index in [1.165, 1.54) is 16.0 Å². The van der Waals surface area contributed by atoms with Crippen LogP contribution in [0.25, 0.3) is 0 Å². The normalized spacial score (nSPS) is 13.7. The molecule has 2 aromatic rings. The van der Waals surface area contributed by atoms with Gasteiger partial charge in [0, 0.05) is 12.1 Å². The average molecular weight is 346 g/mol. The van der Waals surface area contributed by atoms with Crippen molar-refractivity contribution >= 4 is 17.2 Å². The van der Waals surface area contributed by atoms with Gasteiger partial charge in [-0.1, -0.05) is 44.2 Å². The van der Waals surface area contributed by atoms with Gasteiger partial charge in [0.15, 0.2) is 6.04 Å². The van der Waals surface area contributed by atoms with Gasteiger partial charge < -0.3 is 10.6 Å². The summed E-state index contributed by atoms with van der Waals surface area (Å²) in [5.74, 6) is 0.753. The molecule has 1 aromatic carbocycles. The second-order valence-corrected chi connectivity index (χ2v) is 7.69. The lowest BCUT2D eigenvalue weighted by molar-refractivity contribution is -0.704. The number of amides is 1. The van der Waals surface area contributed by atoms with Crippen molar-refractivity contribution in [2.75, 3.05) is 6.54 Å². The Morgan fingerprint density at radius 1 is 1.17 bits per heavy atom. The van der Waals surface area contributed by atoms with E-state index in [0.29, 0.717) is 12.5 Å². The van der Waals surface area contributed by atoms with Crippen LogP contribution in [0.15, 0.2) is 41.8 Å². The van der Waals surface area contributed by atoms with Crippen LogP contribution in [0.5, 0.6) is 0 Å². The number of likely N-dealkylation sites (N-methyl/N-ethyl adjacent to an activating group) is 1. The maximum absolute atomic E-state index is 12.1. The first-order valence-electron chi connectivity index (χ1n) is 8.76. The van der Waals surface area contributed by atoms with Gasteiger partial charge in [-0.05, 0) is 43.2 Å². The molecule has 130 valence electrons. The van der Waals surface area contributed by atoms with E-state index in [9.17, 15) is 4.79 Å². The lowest BCUT2D eigenvalue weighted by Gasteiger charge is -2.19. The van der Waals surface area contributed by atoms with Gasteiger partial charge in [0.25, 0.3) is 5.91 Å². The molecule has 0 aliphatic carbocycles. The minimum absolute atomic E-state index is 0.0930. The number of carbonyl (C=O) groups is 1. The van der Waals surface area contributed by atoms with E-state index in [2.05, 4.69) is 66.3 Å². The number of carbonyl (C=O) groups excluding carboxylic acids is 1. The molecule has 3 nitrogen and oxygen atoms in total. The minimum atomic E-state index is -0.118. The second kappa shape index (κ2) is 9.00. The molecule has 3 N–H and O–H groups in total. The van der Waals surface area contributed by atoms with Crippen LogP contribution in [0.4, 0.5) is 0 Å². The molecule has 4 heteroatoms. The minimum Gasteiger partial charge on any atom is -0.351 e. The number of rotatable bonds is 8. The van der Waals surface area contributed by atoms with Crippen LogP contribution in [0.1, 0.15) is 49.7 Å². The summed E-state index contributed by atoms with van der Waals surface area (Å²) in [7, 11) is 0. The van der Waals surface area contributed by atoms with Gasteiger partial charge in [0.2, 0.25) is 0 Å². The van der Waals surface area contributed by atoms with Crippen LogP contribution >= 0.6 is 11.3 Å². The Morgan fingerprint density at radius 2 is 1.88 bits per heavy atom. The maximum atomic E-state index is 12.1. The SMILES string of the molecule is CCNC(=O)[C@H](C)[NH2+][C@H](c1ccc(CC(C)C)cc1)c1cccs1. The molecule has 0 radical (unpaired) electrons. The third-order valence-corrected chi connectivity index (χ3v) is 5.03. The number of hydrogen-bond donors (Lipinski definition) is 2. The molecule has 0 saturated heterocycles. The highest BCUT2D eigenvalue weighted by Crippen LogP contribution is 2.23. The summed E-state index contributed by atoms with van der Waals surface area (Å²) in [5.41, 5.74) is 2.62. The van der Waals surface area contributed by atoms with Crippen molar-refractivity contribution in [1.29, 1.82) is 0 Å². The van der Waals surface area contributed by atoms with Crippen molar-refractivity contribution in [1.82, 2.24) is 5.32 Å². The van der Waals surface area contributed by atoms with Crippen molar-refractivity contribution in [3.8, 4) is 0 Å². The van der Waals surface area contributed by atoms with Crippen LogP contribution < -0.4 is 10.6 Å². The number of nitrogens with two attached hydrogens (primary N) is 1. The molecule has 0 bridgehead atoms. The predicted molar refractivity (Wildman–Crippen MR) is 101 cm³/mol. The number of nitrogens with one attached hydrogen (secondary N) is 1. The highest BCUT2D eigenvalue weighted by molar-refractivity contribution is 7.10. The summed E-state index contributed by atoms with van der Waals surface area (Å²) < 4.78 is 0. The van der Waals surface area contributed by atoms with Crippen LogP contribution in [-0.2, 0) is 11.2 Å². The van der Waals surface area contributed by atoms with Gasteiger partial charge in [-0.25, -0.2) is 0 Å². The molecule has 1 aromatic heterocycles. The van der Waals surface area contributed by atoms with E-state index >= 15 is 0 Å². The Balaban J connectivity index is 2.19. The molecule has 0 aliphatic rings. The van der Waals surface area contributed by atoms with Gasteiger partial charge in [-0.2, -0.15) is 0 Å². The third kappa shape index (κ3) is 5.18. The van der Waals surface area contributed by atoms with Crippen LogP contribution in [0.3, 0.4) is 0 Å². The molecule has 1 heterocycles. The summed E-state index contributed by atoms with van der Waals surface area (Å²) in [6.07, 6.45) is 1.10. The average Bonchev–Trinajstić information content (AvgIpc) is 3.07. The summed E-state index contributed by atoms with van der Waals surface area (Å²) in [6.45, 7) is 9.08. The first-order chi connectivity index (χ1) is 11.5. The molecule has 0 spiro atoms. The van der Waals surface area contributed by atoms with Crippen molar-refractivity contribution in [2.45, 2.75) is 46.2 Å². The molecule has 2 atom stereocenters. The standard InChI is InChI=1S/C20H28N2OS/c1-5-21-20(23)15(4)22-19(18-7-6-12-24-18)17-10-8-16(9-11-17)13-14(2)3/h6-12,14-15,19,22H,5,13H2,1-4H3,(H,21,23)/p+1/t15-,19+/m0/s1. The van der Waals surface area contributed by atoms with Crippen molar-refractivity contribution in [3.05, 3.63) is 57.8 Å². The van der Waals surface area contributed by atoms with Gasteiger partial charge >= 0.3 is 0 Å². The zero-order valence-corrected chi connectivity index (χ0v) is 15.9. The Morgan fingerprint density at radius 3 is 2.42 bits per heavy atom. The highest BCUT2D eigenvalue weighted by Gasteiger charge is 2.25. The smallest absolute Gasteiger partial charge is 0.277 e. The molecule has 24 heavy (non-hydrogen) atoms. The fourth-order valence-corrected chi connectivity index (χ4v) is 3.71. The van der Waals surface area contributed by atoms with Crippen LogP contribution in [-0.4, -0.2) is 18.5 Å². The van der Waals surface area contributed by atoms with Crippen molar-refractivity contribution in [3.63, 3.8) is 0 Å². The summed E-state index contributed by atoms with van der Waals surface area (Å²) in [4.78, 5) is 13.4. The zero-order valence-electron chi connectivity index (χ0n) is 15.1. The Hall–Kier alpha value is -1.65. The molecule has 0 unspecified atom stereocenters. The number of thiophene rings is 1. The Kier molecular flexibility index (Phi) is 7.00. The molecular formula is C20H29N2OS+. The fraction of sp³-hybridized carbons (Fsp3) is 0.450. The Labute approximate surface area is 149 Å². The largest absolute Gasteiger partial charge is 0.351 e. The highest BCUT2D eigenvalue weighted by atomic mass is 32.1. The molecule has 0 aliphatic heterocycles. The third-order valence-electron chi connectivity index (χ3n) is 4.08. The van der Waals surface area contributed by atoms with Crippen LogP contribution in [0, 0.1) is 5.92 Å². The monoisotopic (exact) mass is 345 g/mol. The number of hydrogen-bond acceptors (Lipinski definition) is 2. The van der Waals surface area contributed by atoms with E-state index < -0.39 is 0 Å². The fourth-order valence-electron chi connectivity index (χ4n) is 2.88. The topological polar surface area (TPSA) is 45.7 Å². The van der Waals surface area contributed by atoms with E-state index in [-0.39, 0.29) is 18.0 Å². The molecule has 1 amide bonds. The summed E-state index contributed by atoms with van der Waals surface area (Å²) in [6, 6.07) is 13.1. The molecule has 0 fully saturated rings. The molecule has 0 saturated carbocycles. The van der Waals surface area contributed by atoms with Gasteiger partial charge in [-0.15, -0.1) is 11.3 Å². The van der Waals surface area contributed by atoms with E-state index in [1.54, 1.807) is 11.3 Å². The van der Waals surface area contributed by atoms with Crippen LogP contribution in [0.2, 0.25) is 0 Å². The van der Waals surface area contributed by atoms with Crippen molar-refractivity contribution < 1.29 is 10.1 Å². The first kappa shape index (κ1) is 18.7. The molecule has 2 rings (SSSR count). The van der Waals surface area contributed by atoms with Gasteiger partial charge in [-0.3, -0.25) is 4.79 Å². The second-order valence-electron chi connectivity index (χ2n) is 6.71. The zero-order chi connectivity index (χ0) is 17.5. The first-order valence-corrected chi connectivity index (χ1v) is 9.64. The van der Waals surface area contributed by atoms with Gasteiger partial charge in [0.1, 0.15) is 6.04 Å². The quantitative estimate of drug-likeness (QED) is 0.759. The number of benzene rings is 1.